The van der Waals surface area contributed by atoms with E-state index in [0.29, 0.717) is 6.61 Å². The number of ether oxygens (including phenoxy) is 2. The molecule has 0 aliphatic heterocycles. The quantitative estimate of drug-likeness (QED) is 0.787. The Labute approximate surface area is 115 Å². The number of hydrogen-bond donors (Lipinski definition) is 0. The first-order chi connectivity index (χ1) is 8.29. The molecule has 0 atom stereocenters. The van der Waals surface area contributed by atoms with E-state index in [2.05, 4.69) is 34.7 Å². The summed E-state index contributed by atoms with van der Waals surface area (Å²) in [6.45, 7) is 0.589. The van der Waals surface area contributed by atoms with Crippen LogP contribution in [0, 0.1) is 3.57 Å². The second-order valence-corrected chi connectivity index (χ2v) is 4.72. The van der Waals surface area contributed by atoms with E-state index in [1.165, 1.54) is 9.13 Å². The molecule has 88 valence electrons. The van der Waals surface area contributed by atoms with Crippen LogP contribution in [0.25, 0.3) is 0 Å². The van der Waals surface area contributed by atoms with E-state index in [9.17, 15) is 0 Å². The Kier molecular flexibility index (Phi) is 4.25. The van der Waals surface area contributed by atoms with Gasteiger partial charge in [-0.3, -0.25) is 0 Å². The fraction of sp³-hybridized carbons (Fsp3) is 0.143. The van der Waals surface area contributed by atoms with Gasteiger partial charge in [0.25, 0.3) is 0 Å². The fourth-order valence-electron chi connectivity index (χ4n) is 1.45. The Morgan fingerprint density at radius 3 is 2.24 bits per heavy atom. The topological polar surface area (TPSA) is 18.5 Å². The van der Waals surface area contributed by atoms with Crippen molar-refractivity contribution in [2.45, 2.75) is 6.61 Å². The van der Waals surface area contributed by atoms with Gasteiger partial charge in [-0.25, -0.2) is 0 Å². The summed E-state index contributed by atoms with van der Waals surface area (Å²) in [6.07, 6.45) is 0. The molecule has 0 spiro atoms. The van der Waals surface area contributed by atoms with Crippen LogP contribution in [0.5, 0.6) is 11.5 Å². The van der Waals surface area contributed by atoms with Crippen molar-refractivity contribution in [1.82, 2.24) is 0 Å². The van der Waals surface area contributed by atoms with Gasteiger partial charge in [0.05, 0.1) is 7.11 Å². The van der Waals surface area contributed by atoms with Crippen LogP contribution in [0.2, 0.25) is 0 Å². The molecule has 0 radical (unpaired) electrons. The first-order valence-corrected chi connectivity index (χ1v) is 6.38. The first-order valence-electron chi connectivity index (χ1n) is 5.30. The predicted octanol–water partition coefficient (Wildman–Crippen LogP) is 3.88. The second kappa shape index (κ2) is 5.91. The van der Waals surface area contributed by atoms with E-state index in [1.807, 2.05) is 36.4 Å². The molecule has 17 heavy (non-hydrogen) atoms. The van der Waals surface area contributed by atoms with Crippen LogP contribution in [0.15, 0.2) is 48.5 Å². The maximum absolute atomic E-state index is 5.71. The second-order valence-electron chi connectivity index (χ2n) is 3.56. The van der Waals surface area contributed by atoms with Crippen LogP contribution in [0.4, 0.5) is 0 Å². The van der Waals surface area contributed by atoms with Gasteiger partial charge >= 0.3 is 0 Å². The standard InChI is InChI=1S/C14H13IO2/c1-16-12-6-8-13(9-7-12)17-10-11-4-2-3-5-14(11)15/h2-9H,10H2,1H3. The van der Waals surface area contributed by atoms with Gasteiger partial charge < -0.3 is 9.47 Å². The zero-order valence-electron chi connectivity index (χ0n) is 9.52. The third-order valence-electron chi connectivity index (χ3n) is 2.41. The van der Waals surface area contributed by atoms with Crippen molar-refractivity contribution in [3.8, 4) is 11.5 Å². The van der Waals surface area contributed by atoms with Crippen molar-refractivity contribution in [3.05, 3.63) is 57.7 Å². The molecule has 0 unspecified atom stereocenters. The first kappa shape index (κ1) is 12.2. The molecule has 2 aromatic rings. The lowest BCUT2D eigenvalue weighted by molar-refractivity contribution is 0.304. The predicted molar refractivity (Wildman–Crippen MR) is 76.5 cm³/mol. The maximum atomic E-state index is 5.71. The molecule has 0 saturated heterocycles. The molecule has 0 aliphatic rings. The van der Waals surface area contributed by atoms with Gasteiger partial charge in [0.15, 0.2) is 0 Å². The number of methoxy groups -OCH3 is 1. The van der Waals surface area contributed by atoms with Gasteiger partial charge in [-0.2, -0.15) is 0 Å². The molecule has 0 saturated carbocycles. The highest BCUT2D eigenvalue weighted by Gasteiger charge is 2.00. The molecule has 0 fully saturated rings. The van der Waals surface area contributed by atoms with Crippen LogP contribution < -0.4 is 9.47 Å². The maximum Gasteiger partial charge on any atom is 0.120 e. The van der Waals surface area contributed by atoms with E-state index < -0.39 is 0 Å². The molecule has 0 aromatic heterocycles. The highest BCUT2D eigenvalue weighted by Crippen LogP contribution is 2.19. The summed E-state index contributed by atoms with van der Waals surface area (Å²) in [4.78, 5) is 0. The van der Waals surface area contributed by atoms with Crippen LogP contribution in [-0.2, 0) is 6.61 Å². The minimum atomic E-state index is 0.589. The van der Waals surface area contributed by atoms with Crippen molar-refractivity contribution in [2.24, 2.45) is 0 Å². The van der Waals surface area contributed by atoms with Crippen molar-refractivity contribution in [1.29, 1.82) is 0 Å². The number of rotatable bonds is 4. The van der Waals surface area contributed by atoms with Crippen LogP contribution in [-0.4, -0.2) is 7.11 Å². The molecule has 2 rings (SSSR count). The third-order valence-corrected chi connectivity index (χ3v) is 3.46. The minimum absolute atomic E-state index is 0.589. The van der Waals surface area contributed by atoms with E-state index in [-0.39, 0.29) is 0 Å². The normalized spacial score (nSPS) is 10.0. The van der Waals surface area contributed by atoms with E-state index in [0.717, 1.165) is 11.5 Å². The number of hydrogen-bond acceptors (Lipinski definition) is 2. The molecule has 0 N–H and O–H groups in total. The molecule has 0 heterocycles. The van der Waals surface area contributed by atoms with Gasteiger partial charge in [0, 0.05) is 9.13 Å². The Hall–Kier alpha value is -1.23. The largest absolute Gasteiger partial charge is 0.497 e. The lowest BCUT2D eigenvalue weighted by Crippen LogP contribution is -1.97. The van der Waals surface area contributed by atoms with Crippen LogP contribution >= 0.6 is 22.6 Å². The smallest absolute Gasteiger partial charge is 0.120 e. The molecule has 3 heteroatoms. The summed E-state index contributed by atoms with van der Waals surface area (Å²) in [5.41, 5.74) is 1.20. The molecule has 0 bridgehead atoms. The molecular formula is C14H13IO2. The SMILES string of the molecule is COc1ccc(OCc2ccccc2I)cc1. The monoisotopic (exact) mass is 340 g/mol. The summed E-state index contributed by atoms with van der Waals surface area (Å²) >= 11 is 2.31. The Bertz CT molecular complexity index is 480. The zero-order chi connectivity index (χ0) is 12.1. The molecular weight excluding hydrogens is 327 g/mol. The lowest BCUT2D eigenvalue weighted by Gasteiger charge is -2.08. The van der Waals surface area contributed by atoms with Gasteiger partial charge in [0.2, 0.25) is 0 Å². The van der Waals surface area contributed by atoms with E-state index in [1.54, 1.807) is 7.11 Å². The average molecular weight is 340 g/mol. The number of halogens is 1. The number of benzene rings is 2. The molecule has 2 aromatic carbocycles. The van der Waals surface area contributed by atoms with Crippen molar-refractivity contribution in [2.75, 3.05) is 7.11 Å². The summed E-state index contributed by atoms with van der Waals surface area (Å²) in [6, 6.07) is 15.8. The van der Waals surface area contributed by atoms with Crippen molar-refractivity contribution in [3.63, 3.8) is 0 Å². The molecule has 2 nitrogen and oxygen atoms in total. The van der Waals surface area contributed by atoms with Crippen LogP contribution in [0.3, 0.4) is 0 Å². The zero-order valence-corrected chi connectivity index (χ0v) is 11.7. The summed E-state index contributed by atoms with van der Waals surface area (Å²) < 4.78 is 12.0. The van der Waals surface area contributed by atoms with Gasteiger partial charge in [-0.05, 0) is 52.9 Å². The average Bonchev–Trinajstić information content (AvgIpc) is 2.38. The summed E-state index contributed by atoms with van der Waals surface area (Å²) in [5, 5.41) is 0. The molecule has 0 amide bonds. The van der Waals surface area contributed by atoms with Crippen LogP contribution in [0.1, 0.15) is 5.56 Å². The Morgan fingerprint density at radius 2 is 1.59 bits per heavy atom. The lowest BCUT2D eigenvalue weighted by atomic mass is 10.2. The Morgan fingerprint density at radius 1 is 0.941 bits per heavy atom. The van der Waals surface area contributed by atoms with Gasteiger partial charge in [0.1, 0.15) is 18.1 Å². The summed E-state index contributed by atoms with van der Waals surface area (Å²) in [5.74, 6) is 1.69. The van der Waals surface area contributed by atoms with Gasteiger partial charge in [-0.1, -0.05) is 18.2 Å². The van der Waals surface area contributed by atoms with Gasteiger partial charge in [-0.15, -0.1) is 0 Å². The fourth-order valence-corrected chi connectivity index (χ4v) is 1.99. The van der Waals surface area contributed by atoms with E-state index in [4.69, 9.17) is 9.47 Å². The van der Waals surface area contributed by atoms with Crippen molar-refractivity contribution >= 4 is 22.6 Å². The van der Waals surface area contributed by atoms with Crippen molar-refractivity contribution < 1.29 is 9.47 Å². The van der Waals surface area contributed by atoms with E-state index >= 15 is 0 Å². The third kappa shape index (κ3) is 3.36. The highest BCUT2D eigenvalue weighted by atomic mass is 127. The summed E-state index contributed by atoms with van der Waals surface area (Å²) in [7, 11) is 1.65. The molecule has 0 aliphatic carbocycles. The minimum Gasteiger partial charge on any atom is -0.497 e. The Balaban J connectivity index is 2.00. The highest BCUT2D eigenvalue weighted by molar-refractivity contribution is 14.1.